The average molecular weight is 1120 g/mol. The van der Waals surface area contributed by atoms with Crippen LogP contribution in [-0.2, 0) is 41.6 Å². The molecule has 7 aliphatic rings. The topological polar surface area (TPSA) is 188 Å². The Balaban J connectivity index is 0.897. The maximum absolute atomic E-state index is 15.0. The van der Waals surface area contributed by atoms with E-state index in [-0.39, 0.29) is 58.3 Å². The van der Waals surface area contributed by atoms with E-state index in [4.69, 9.17) is 24.4 Å². The maximum Gasteiger partial charge on any atom is 0.246 e. The third kappa shape index (κ3) is 11.1. The van der Waals surface area contributed by atoms with Crippen molar-refractivity contribution in [3.05, 3.63) is 70.8 Å². The summed E-state index contributed by atoms with van der Waals surface area (Å²) in [5, 5.41) is 19.3. The van der Waals surface area contributed by atoms with Crippen molar-refractivity contribution >= 4 is 93.4 Å². The maximum atomic E-state index is 15.0. The van der Waals surface area contributed by atoms with Crippen LogP contribution in [0.4, 0.5) is 0 Å². The molecule has 0 unspecified atom stereocenters. The first-order valence-corrected chi connectivity index (χ1v) is 30.3. The van der Waals surface area contributed by atoms with Gasteiger partial charge in [0.1, 0.15) is 24.2 Å². The second-order valence-corrected chi connectivity index (χ2v) is 26.8. The second kappa shape index (κ2) is 23.2. The predicted molar refractivity (Wildman–Crippen MR) is 307 cm³/mol. The van der Waals surface area contributed by atoms with E-state index in [2.05, 4.69) is 71.7 Å². The van der Waals surface area contributed by atoms with Crippen molar-refractivity contribution in [2.75, 3.05) is 51.8 Å². The molecule has 76 heavy (non-hydrogen) atoms. The van der Waals surface area contributed by atoms with Gasteiger partial charge in [-0.25, -0.2) is 0 Å². The van der Waals surface area contributed by atoms with E-state index in [1.807, 2.05) is 74.1 Å². The number of piperazine rings is 1. The molecule has 0 saturated carbocycles. The molecule has 0 spiro atoms. The van der Waals surface area contributed by atoms with Crippen LogP contribution in [0.2, 0.25) is 0 Å². The summed E-state index contributed by atoms with van der Waals surface area (Å²) >= 11 is 14.7. The molecule has 0 radical (unpaired) electrons. The van der Waals surface area contributed by atoms with E-state index < -0.39 is 58.9 Å². The van der Waals surface area contributed by atoms with Crippen molar-refractivity contribution < 1.29 is 28.8 Å². The second-order valence-electron chi connectivity index (χ2n) is 23.4. The molecule has 20 heteroatoms. The lowest BCUT2D eigenvalue weighted by Crippen LogP contribution is -2.59. The summed E-state index contributed by atoms with van der Waals surface area (Å²) in [7, 11) is 3.65. The normalized spacial score (nSPS) is 30.5. The number of likely N-dealkylation sites (N-methyl/N-ethyl adjacent to an activating group) is 2. The lowest BCUT2D eigenvalue weighted by molar-refractivity contribution is -0.147. The molecule has 6 N–H and O–H groups in total. The fraction of sp³-hybridized carbons (Fsp3) is 0.643. The molecule has 12 atom stereocenters. The third-order valence-corrected chi connectivity index (χ3v) is 21.0. The summed E-state index contributed by atoms with van der Waals surface area (Å²) in [6.45, 7) is 13.4. The SMILES string of the molecule is CN[C@@H](C)C(=S)N[C@H]1CCS[C@H]2CC(C)(C)[C@@H](C(=O)N[C@@H]3c4ccccc4CC[C@H]3C(=O)N3CCN(C(=O)[C@@H]4CCc5ccccc5[C@H]4NC(=O)[C@H]4N5C(=O)[C@@H](NC(=S)[C@H](C)NC)CCS[C@H]5CC4(C)C)CC3)N2C1=O. The largest absolute Gasteiger partial charge is 0.367 e. The zero-order valence-corrected chi connectivity index (χ0v) is 48.6. The molecule has 2 aliphatic carbocycles. The molecule has 412 valence electrons. The number of nitrogens with zero attached hydrogens (tertiary/aromatic N) is 4. The van der Waals surface area contributed by atoms with E-state index in [1.54, 1.807) is 33.3 Å². The average Bonchev–Trinajstić information content (AvgIpc) is 3.73. The number of carbonyl (C=O) groups is 6. The van der Waals surface area contributed by atoms with Crippen molar-refractivity contribution in [3.63, 3.8) is 0 Å². The molecule has 9 rings (SSSR count). The number of benzene rings is 2. The van der Waals surface area contributed by atoms with Crippen molar-refractivity contribution in [2.24, 2.45) is 22.7 Å². The quantitative estimate of drug-likeness (QED) is 0.164. The minimum absolute atomic E-state index is 0.0699. The number of hydrogen-bond acceptors (Lipinski definition) is 12. The van der Waals surface area contributed by atoms with Crippen LogP contribution in [0.1, 0.15) is 114 Å². The van der Waals surface area contributed by atoms with Gasteiger partial charge in [-0.1, -0.05) is 101 Å². The van der Waals surface area contributed by atoms with Gasteiger partial charge >= 0.3 is 0 Å². The van der Waals surface area contributed by atoms with Crippen molar-refractivity contribution in [2.45, 2.75) is 152 Å². The summed E-state index contributed by atoms with van der Waals surface area (Å²) < 4.78 is 0. The zero-order valence-electron chi connectivity index (χ0n) is 45.3. The van der Waals surface area contributed by atoms with Gasteiger partial charge in [0.15, 0.2) is 0 Å². The molecular formula is C56H78N10O6S4. The van der Waals surface area contributed by atoms with Gasteiger partial charge in [-0.15, -0.1) is 23.5 Å². The van der Waals surface area contributed by atoms with Crippen LogP contribution in [0.25, 0.3) is 0 Å². The minimum Gasteiger partial charge on any atom is -0.367 e. The Bertz CT molecular complexity index is 2420. The summed E-state index contributed by atoms with van der Waals surface area (Å²) in [5.74, 6) is -0.583. The lowest BCUT2D eigenvalue weighted by atomic mass is 9.77. The van der Waals surface area contributed by atoms with Crippen LogP contribution in [0, 0.1) is 22.7 Å². The Labute approximate surface area is 468 Å². The highest BCUT2D eigenvalue weighted by atomic mass is 32.2. The Hall–Kier alpha value is -4.34. The summed E-state index contributed by atoms with van der Waals surface area (Å²) in [5.41, 5.74) is 2.89. The Morgan fingerprint density at radius 2 is 0.947 bits per heavy atom. The third-order valence-electron chi connectivity index (χ3n) is 17.5. The predicted octanol–water partition coefficient (Wildman–Crippen LogP) is 4.46. The summed E-state index contributed by atoms with van der Waals surface area (Å²) in [6, 6.07) is 11.8. The molecule has 0 bridgehead atoms. The van der Waals surface area contributed by atoms with Crippen LogP contribution in [0.15, 0.2) is 48.5 Å². The number of amides is 6. The van der Waals surface area contributed by atoms with Gasteiger partial charge in [0.05, 0.1) is 56.7 Å². The lowest BCUT2D eigenvalue weighted by Gasteiger charge is -2.43. The molecule has 5 fully saturated rings. The Morgan fingerprint density at radius 1 is 0.579 bits per heavy atom. The van der Waals surface area contributed by atoms with Crippen molar-refractivity contribution in [1.82, 2.24) is 51.5 Å². The first-order chi connectivity index (χ1) is 36.2. The molecule has 6 amide bonds. The number of carbonyl (C=O) groups excluding carboxylic acids is 6. The number of fused-ring (bicyclic) bond motifs is 4. The van der Waals surface area contributed by atoms with Crippen LogP contribution < -0.4 is 31.9 Å². The number of thioether (sulfide) groups is 2. The van der Waals surface area contributed by atoms with Gasteiger partial charge in [0, 0.05) is 26.2 Å². The minimum atomic E-state index is -0.765. The molecule has 5 aliphatic heterocycles. The highest BCUT2D eigenvalue weighted by molar-refractivity contribution is 8.00. The van der Waals surface area contributed by atoms with Gasteiger partial charge in [0.2, 0.25) is 35.4 Å². The van der Waals surface area contributed by atoms with E-state index >= 15 is 9.59 Å². The number of rotatable bonds is 12. The van der Waals surface area contributed by atoms with Crippen LogP contribution >= 0.6 is 48.0 Å². The molecule has 2 aromatic carbocycles. The van der Waals surface area contributed by atoms with Crippen LogP contribution in [0.3, 0.4) is 0 Å². The Morgan fingerprint density at radius 3 is 1.32 bits per heavy atom. The molecule has 5 saturated heterocycles. The molecule has 16 nitrogen and oxygen atoms in total. The van der Waals surface area contributed by atoms with Gasteiger partial charge in [-0.2, -0.15) is 0 Å². The van der Waals surface area contributed by atoms with Gasteiger partial charge in [-0.3, -0.25) is 28.8 Å². The first-order valence-electron chi connectivity index (χ1n) is 27.4. The smallest absolute Gasteiger partial charge is 0.246 e. The molecular weight excluding hydrogens is 1040 g/mol. The van der Waals surface area contributed by atoms with Crippen molar-refractivity contribution in [3.8, 4) is 0 Å². The highest BCUT2D eigenvalue weighted by Gasteiger charge is 2.57. The van der Waals surface area contributed by atoms with E-state index in [0.717, 1.165) is 33.8 Å². The number of thiocarbonyl (C=S) groups is 2. The monoisotopic (exact) mass is 1110 g/mol. The Kier molecular flexibility index (Phi) is 17.2. The molecule has 5 heterocycles. The number of nitrogens with one attached hydrogen (secondary N) is 6. The van der Waals surface area contributed by atoms with Crippen LogP contribution in [-0.4, -0.2) is 164 Å². The fourth-order valence-electron chi connectivity index (χ4n) is 13.0. The molecule has 2 aromatic rings. The van der Waals surface area contributed by atoms with Gasteiger partial charge in [-0.05, 0) is 124 Å². The fourth-order valence-corrected chi connectivity index (χ4v) is 16.7. The van der Waals surface area contributed by atoms with Crippen molar-refractivity contribution in [1.29, 1.82) is 0 Å². The van der Waals surface area contributed by atoms with Gasteiger partial charge < -0.3 is 51.5 Å². The van der Waals surface area contributed by atoms with E-state index in [0.29, 0.717) is 87.5 Å². The summed E-state index contributed by atoms with van der Waals surface area (Å²) in [4.78, 5) is 97.3. The number of hydrogen-bond donors (Lipinski definition) is 6. The first kappa shape index (κ1) is 56.4. The molecule has 0 aromatic heterocycles. The van der Waals surface area contributed by atoms with E-state index in [1.165, 1.54) is 0 Å². The highest BCUT2D eigenvalue weighted by Crippen LogP contribution is 2.49. The van der Waals surface area contributed by atoms with E-state index in [9.17, 15) is 19.2 Å². The standard InChI is InChI=1S/C56H78N10O6S4/c1-31(57-7)49(73)59-39-21-27-75-41-29-55(3,4)45(65(41)53(39)71)47(67)61-43-35-15-11-9-13-33(35)17-19-37(43)51(69)63-23-25-64(26-24-63)52(70)38-20-18-34-14-10-12-16-36(34)44(38)62-48(68)46-56(5,6)30-42-66(46)54(72)40(22-28-76-42)60-50(74)32(2)58-8/h9-16,31-32,37-46,57-58H,17-30H2,1-8H3,(H,59,73)(H,60,74)(H,61,67)(H,62,68)/t31-,32-,37+,38+,39-,40-,41-,42-,43+,44+,45+,46+/m0/s1. The van der Waals surface area contributed by atoms with Crippen LogP contribution in [0.5, 0.6) is 0 Å². The summed E-state index contributed by atoms with van der Waals surface area (Å²) in [6.07, 6.45) is 4.91. The van der Waals surface area contributed by atoms with Gasteiger partial charge in [0.25, 0.3) is 0 Å². The number of aryl methyl sites for hydroxylation is 2. The zero-order chi connectivity index (χ0) is 54.4.